The van der Waals surface area contributed by atoms with E-state index in [1.807, 2.05) is 0 Å². The molecule has 5 rings (SSSR count). The number of anilines is 1. The first-order valence-corrected chi connectivity index (χ1v) is 9.38. The minimum atomic E-state index is -4.64. The van der Waals surface area contributed by atoms with E-state index < -0.39 is 12.0 Å². The van der Waals surface area contributed by atoms with Crippen LogP contribution in [0.25, 0.3) is 11.1 Å². The summed E-state index contributed by atoms with van der Waals surface area (Å²) in [6.45, 7) is 3.79. The lowest BCUT2D eigenvalue weighted by Gasteiger charge is -2.16. The molecule has 0 bridgehead atoms. The number of carbonyl (C=O) groups excluding carboxylic acids is 1. The van der Waals surface area contributed by atoms with Crippen molar-refractivity contribution in [3.63, 3.8) is 0 Å². The van der Waals surface area contributed by atoms with Gasteiger partial charge in [-0.05, 0) is 26.7 Å². The van der Waals surface area contributed by atoms with Crippen LogP contribution in [0.1, 0.15) is 53.0 Å². The zero-order chi connectivity index (χ0) is 21.3. The van der Waals surface area contributed by atoms with Gasteiger partial charge in [0, 0.05) is 23.8 Å². The van der Waals surface area contributed by atoms with Crippen LogP contribution >= 0.6 is 0 Å². The van der Waals surface area contributed by atoms with Crippen LogP contribution in [0.2, 0.25) is 0 Å². The number of nitrogens with zero attached hydrogens (tertiary/aromatic N) is 5. The van der Waals surface area contributed by atoms with E-state index in [2.05, 4.69) is 32.2 Å². The van der Waals surface area contributed by atoms with Crippen molar-refractivity contribution in [2.24, 2.45) is 0 Å². The van der Waals surface area contributed by atoms with Gasteiger partial charge in [0.05, 0.1) is 23.2 Å². The molecule has 1 N–H and O–H groups in total. The molecule has 1 amide bonds. The van der Waals surface area contributed by atoms with E-state index in [0.717, 1.165) is 19.0 Å². The summed E-state index contributed by atoms with van der Waals surface area (Å²) < 4.78 is 44.4. The molecule has 0 spiro atoms. The van der Waals surface area contributed by atoms with Gasteiger partial charge >= 0.3 is 6.18 Å². The first-order chi connectivity index (χ1) is 14.1. The Hall–Kier alpha value is -3.24. The fourth-order valence-electron chi connectivity index (χ4n) is 3.59. The number of alkyl halides is 3. The summed E-state index contributed by atoms with van der Waals surface area (Å²) in [6, 6.07) is 0. The normalized spacial score (nSPS) is 17.3. The van der Waals surface area contributed by atoms with Crippen molar-refractivity contribution in [2.45, 2.75) is 51.5 Å². The van der Waals surface area contributed by atoms with Gasteiger partial charge in [0.2, 0.25) is 11.5 Å². The fourth-order valence-corrected chi connectivity index (χ4v) is 3.59. The highest BCUT2D eigenvalue weighted by Crippen LogP contribution is 2.40. The molecule has 0 unspecified atom stereocenters. The summed E-state index contributed by atoms with van der Waals surface area (Å²) in [5.41, 5.74) is 1.18. The van der Waals surface area contributed by atoms with Crippen molar-refractivity contribution < 1.29 is 22.4 Å². The number of aryl methyl sites for hydroxylation is 1. The van der Waals surface area contributed by atoms with Crippen molar-refractivity contribution in [2.75, 3.05) is 5.32 Å². The third-order valence-electron chi connectivity index (χ3n) is 5.50. The van der Waals surface area contributed by atoms with Gasteiger partial charge in [-0.1, -0.05) is 0 Å². The van der Waals surface area contributed by atoms with E-state index in [1.54, 1.807) is 6.92 Å². The highest BCUT2D eigenvalue weighted by molar-refractivity contribution is 6.10. The van der Waals surface area contributed by atoms with Gasteiger partial charge in [-0.25, -0.2) is 19.9 Å². The van der Waals surface area contributed by atoms with Crippen molar-refractivity contribution >= 4 is 22.8 Å². The van der Waals surface area contributed by atoms with Crippen LogP contribution in [0.5, 0.6) is 0 Å². The Bertz CT molecular complexity index is 1180. The Morgan fingerprint density at radius 1 is 1.23 bits per heavy atom. The lowest BCUT2D eigenvalue weighted by atomic mass is 10.1. The van der Waals surface area contributed by atoms with Crippen LogP contribution in [0.4, 0.5) is 19.0 Å². The average molecular weight is 418 g/mol. The van der Waals surface area contributed by atoms with E-state index in [9.17, 15) is 18.0 Å². The molecule has 1 fully saturated rings. The second-order valence-corrected chi connectivity index (χ2v) is 7.95. The quantitative estimate of drug-likeness (QED) is 0.696. The molecule has 1 aliphatic carbocycles. The van der Waals surface area contributed by atoms with Gasteiger partial charge in [-0.2, -0.15) is 13.2 Å². The van der Waals surface area contributed by atoms with Gasteiger partial charge in [-0.15, -0.1) is 0 Å². The van der Waals surface area contributed by atoms with E-state index in [4.69, 9.17) is 4.42 Å². The summed E-state index contributed by atoms with van der Waals surface area (Å²) >= 11 is 0. The average Bonchev–Trinajstić information content (AvgIpc) is 3.12. The molecular weight excluding hydrogens is 401 g/mol. The molecule has 4 heterocycles. The zero-order valence-corrected chi connectivity index (χ0v) is 16.2. The predicted octanol–water partition coefficient (Wildman–Crippen LogP) is 3.46. The number of furan rings is 1. The summed E-state index contributed by atoms with van der Waals surface area (Å²) in [6.07, 6.45) is -0.169. The smallest absolute Gasteiger partial charge is 0.442 e. The minimum Gasteiger partial charge on any atom is -0.442 e. The Balaban J connectivity index is 1.50. The van der Waals surface area contributed by atoms with E-state index in [0.29, 0.717) is 28.1 Å². The molecule has 1 aliphatic heterocycles. The zero-order valence-electron chi connectivity index (χ0n) is 16.2. The number of rotatable bonds is 3. The molecule has 0 aromatic carbocycles. The molecule has 0 atom stereocenters. The van der Waals surface area contributed by atoms with Gasteiger partial charge in [0.25, 0.3) is 5.91 Å². The second-order valence-electron chi connectivity index (χ2n) is 7.95. The van der Waals surface area contributed by atoms with Crippen molar-refractivity contribution in [3.05, 3.63) is 40.9 Å². The topological polar surface area (TPSA) is 97.0 Å². The van der Waals surface area contributed by atoms with Crippen LogP contribution in [0.15, 0.2) is 16.9 Å². The Kier molecular flexibility index (Phi) is 3.83. The van der Waals surface area contributed by atoms with Crippen molar-refractivity contribution in [1.82, 2.24) is 24.8 Å². The van der Waals surface area contributed by atoms with Crippen molar-refractivity contribution in [1.29, 1.82) is 0 Å². The number of hydrogen-bond donors (Lipinski definition) is 1. The second kappa shape index (κ2) is 6.13. The lowest BCUT2D eigenvalue weighted by Crippen LogP contribution is -2.26. The highest BCUT2D eigenvalue weighted by atomic mass is 19.4. The molecule has 11 heteroatoms. The summed E-state index contributed by atoms with van der Waals surface area (Å²) in [5.74, 6) is -0.705. The minimum absolute atomic E-state index is 0.0416. The Morgan fingerprint density at radius 3 is 2.70 bits per heavy atom. The fraction of sp³-hybridized carbons (Fsp3) is 0.421. The highest BCUT2D eigenvalue weighted by Gasteiger charge is 2.40. The maximum atomic E-state index is 13.3. The standard InChI is InChI=1S/C19H17F3N6O2/c1-9-12(13-14(27-18(2)3-4-18)24-8-25-15(13)30-9)16(29)28-6-10-5-23-17(19(20,21)22)26-11(10)7-28/h5,8H,3-4,6-7H2,1-2H3,(H,24,25,27). The summed E-state index contributed by atoms with van der Waals surface area (Å²) in [7, 11) is 0. The molecule has 156 valence electrons. The van der Waals surface area contributed by atoms with Gasteiger partial charge in [-0.3, -0.25) is 4.79 Å². The first-order valence-electron chi connectivity index (χ1n) is 9.38. The molecule has 3 aromatic rings. The number of amides is 1. The monoisotopic (exact) mass is 418 g/mol. The van der Waals surface area contributed by atoms with Gasteiger partial charge in [0.15, 0.2) is 0 Å². The number of carbonyl (C=O) groups is 1. The number of fused-ring (bicyclic) bond motifs is 2. The summed E-state index contributed by atoms with van der Waals surface area (Å²) in [4.78, 5) is 30.2. The maximum Gasteiger partial charge on any atom is 0.451 e. The number of nitrogens with one attached hydrogen (secondary N) is 1. The van der Waals surface area contributed by atoms with E-state index in [1.165, 1.54) is 11.2 Å². The van der Waals surface area contributed by atoms with E-state index >= 15 is 0 Å². The largest absolute Gasteiger partial charge is 0.451 e. The number of halogens is 3. The van der Waals surface area contributed by atoms with Gasteiger partial charge < -0.3 is 14.6 Å². The van der Waals surface area contributed by atoms with Crippen LogP contribution < -0.4 is 5.32 Å². The molecule has 30 heavy (non-hydrogen) atoms. The molecule has 2 aliphatic rings. The third-order valence-corrected chi connectivity index (χ3v) is 5.50. The maximum absolute atomic E-state index is 13.3. The number of hydrogen-bond acceptors (Lipinski definition) is 7. The molecule has 3 aromatic heterocycles. The third kappa shape index (κ3) is 3.04. The molecule has 8 nitrogen and oxygen atoms in total. The Labute approximate surface area is 168 Å². The lowest BCUT2D eigenvalue weighted by molar-refractivity contribution is -0.145. The van der Waals surface area contributed by atoms with Crippen LogP contribution in [-0.4, -0.2) is 36.3 Å². The molecule has 0 saturated heterocycles. The van der Waals surface area contributed by atoms with E-state index in [-0.39, 0.29) is 35.9 Å². The molecular formula is C19H17F3N6O2. The predicted molar refractivity (Wildman–Crippen MR) is 98.4 cm³/mol. The van der Waals surface area contributed by atoms with Crippen LogP contribution in [0.3, 0.4) is 0 Å². The first kappa shape index (κ1) is 18.8. The molecule has 0 radical (unpaired) electrons. The van der Waals surface area contributed by atoms with Gasteiger partial charge in [0.1, 0.15) is 17.9 Å². The number of aromatic nitrogens is 4. The Morgan fingerprint density at radius 2 is 2.00 bits per heavy atom. The molecule has 1 saturated carbocycles. The summed E-state index contributed by atoms with van der Waals surface area (Å²) in [5, 5.41) is 3.82. The SMILES string of the molecule is Cc1oc2ncnc(NC3(C)CC3)c2c1C(=O)N1Cc2cnc(C(F)(F)F)nc2C1. The van der Waals surface area contributed by atoms with Crippen LogP contribution in [-0.2, 0) is 19.3 Å². The van der Waals surface area contributed by atoms with Crippen LogP contribution in [0, 0.1) is 6.92 Å². The van der Waals surface area contributed by atoms with Crippen molar-refractivity contribution in [3.8, 4) is 0 Å².